The van der Waals surface area contributed by atoms with E-state index < -0.39 is 0 Å². The molecule has 0 aromatic heterocycles. The normalized spacial score (nSPS) is 22.5. The monoisotopic (exact) mass is 403 g/mol. The van der Waals surface area contributed by atoms with E-state index in [2.05, 4.69) is 53.9 Å². The van der Waals surface area contributed by atoms with Crippen LogP contribution in [0.1, 0.15) is 47.2 Å². The predicted molar refractivity (Wildman–Crippen MR) is 120 cm³/mol. The molecule has 2 atom stereocenters. The van der Waals surface area contributed by atoms with E-state index in [-0.39, 0.29) is 5.91 Å². The Hall–Kier alpha value is -2.79. The molecular weight excluding hydrogens is 374 g/mol. The second kappa shape index (κ2) is 7.80. The lowest BCUT2D eigenvalue weighted by Gasteiger charge is -2.20. The van der Waals surface area contributed by atoms with Gasteiger partial charge in [0.1, 0.15) is 12.4 Å². The van der Waals surface area contributed by atoms with E-state index in [1.807, 2.05) is 18.2 Å². The summed E-state index contributed by atoms with van der Waals surface area (Å²) in [5.74, 6) is 0.760. The Balaban J connectivity index is 1.42. The summed E-state index contributed by atoms with van der Waals surface area (Å²) in [7, 11) is 4.14. The molecule has 1 fully saturated rings. The van der Waals surface area contributed by atoms with E-state index in [1.165, 1.54) is 35.2 Å². The highest BCUT2D eigenvalue weighted by Crippen LogP contribution is 2.36. The zero-order chi connectivity index (χ0) is 20.7. The van der Waals surface area contributed by atoms with Crippen LogP contribution in [0.3, 0.4) is 0 Å². The van der Waals surface area contributed by atoms with Crippen LogP contribution in [-0.2, 0) is 6.54 Å². The van der Waals surface area contributed by atoms with Crippen LogP contribution in [0, 0.1) is 0 Å². The van der Waals surface area contributed by atoms with E-state index >= 15 is 0 Å². The predicted octanol–water partition coefficient (Wildman–Crippen LogP) is 3.74. The summed E-state index contributed by atoms with van der Waals surface area (Å²) in [4.78, 5) is 14.1. The molecule has 1 saturated heterocycles. The van der Waals surface area contributed by atoms with Crippen LogP contribution >= 0.6 is 0 Å². The number of hydrogen-bond donors (Lipinski definition) is 2. The number of amides is 1. The summed E-state index contributed by atoms with van der Waals surface area (Å²) in [6, 6.07) is 15.8. The SMILES string of the molecule is CN(C)c1ccc(C2=C(COc3ccc4c(c3)C(=O)NC4)CC3CCC(C2)N3)cc1. The molecule has 3 aliphatic heterocycles. The Morgan fingerprint density at radius 2 is 1.80 bits per heavy atom. The highest BCUT2D eigenvalue weighted by molar-refractivity contribution is 5.98. The molecule has 0 radical (unpaired) electrons. The molecule has 2 unspecified atom stereocenters. The maximum Gasteiger partial charge on any atom is 0.252 e. The first-order chi connectivity index (χ1) is 14.6. The third kappa shape index (κ3) is 3.70. The van der Waals surface area contributed by atoms with Crippen molar-refractivity contribution < 1.29 is 9.53 Å². The van der Waals surface area contributed by atoms with Gasteiger partial charge in [-0.05, 0) is 72.2 Å². The molecule has 2 bridgehead atoms. The Bertz CT molecular complexity index is 994. The average molecular weight is 404 g/mol. The maximum absolute atomic E-state index is 12.0. The highest BCUT2D eigenvalue weighted by Gasteiger charge is 2.31. The molecule has 5 nitrogen and oxygen atoms in total. The summed E-state index contributed by atoms with van der Waals surface area (Å²) >= 11 is 0. The number of rotatable bonds is 5. The van der Waals surface area contributed by atoms with Crippen LogP contribution in [-0.4, -0.2) is 38.7 Å². The molecule has 5 heteroatoms. The zero-order valence-electron chi connectivity index (χ0n) is 17.7. The summed E-state index contributed by atoms with van der Waals surface area (Å²) in [5, 5.41) is 6.66. The molecule has 0 saturated carbocycles. The smallest absolute Gasteiger partial charge is 0.252 e. The van der Waals surface area contributed by atoms with Gasteiger partial charge in [-0.3, -0.25) is 4.79 Å². The molecule has 2 aromatic carbocycles. The van der Waals surface area contributed by atoms with Gasteiger partial charge in [-0.2, -0.15) is 0 Å². The van der Waals surface area contributed by atoms with Gasteiger partial charge >= 0.3 is 0 Å². The van der Waals surface area contributed by atoms with Gasteiger partial charge in [-0.1, -0.05) is 18.2 Å². The lowest BCUT2D eigenvalue weighted by Crippen LogP contribution is -2.27. The fourth-order valence-corrected chi connectivity index (χ4v) is 4.92. The van der Waals surface area contributed by atoms with Crippen molar-refractivity contribution in [2.45, 2.75) is 44.3 Å². The van der Waals surface area contributed by atoms with E-state index in [1.54, 1.807) is 0 Å². The topological polar surface area (TPSA) is 53.6 Å². The van der Waals surface area contributed by atoms with Crippen LogP contribution in [0.15, 0.2) is 48.0 Å². The van der Waals surface area contributed by atoms with Gasteiger partial charge in [0, 0.05) is 44.0 Å². The molecule has 1 amide bonds. The third-order valence-electron chi connectivity index (χ3n) is 6.62. The largest absolute Gasteiger partial charge is 0.489 e. The minimum absolute atomic E-state index is 0.00712. The van der Waals surface area contributed by atoms with Crippen molar-refractivity contribution in [1.29, 1.82) is 0 Å². The van der Waals surface area contributed by atoms with E-state index in [9.17, 15) is 4.79 Å². The average Bonchev–Trinajstić information content (AvgIpc) is 3.29. The fourth-order valence-electron chi connectivity index (χ4n) is 4.92. The lowest BCUT2D eigenvalue weighted by molar-refractivity contribution is 0.0965. The number of fused-ring (bicyclic) bond motifs is 3. The lowest BCUT2D eigenvalue weighted by atomic mass is 9.89. The van der Waals surface area contributed by atoms with E-state index in [4.69, 9.17) is 4.74 Å². The fraction of sp³-hybridized carbons (Fsp3) is 0.400. The molecular formula is C25H29N3O2. The first kappa shape index (κ1) is 19.2. The van der Waals surface area contributed by atoms with Crippen LogP contribution in [0.2, 0.25) is 0 Å². The van der Waals surface area contributed by atoms with Crippen molar-refractivity contribution in [2.24, 2.45) is 0 Å². The number of nitrogens with zero attached hydrogens (tertiary/aromatic N) is 1. The zero-order valence-corrected chi connectivity index (χ0v) is 17.7. The van der Waals surface area contributed by atoms with Gasteiger partial charge in [0.05, 0.1) is 0 Å². The molecule has 3 aliphatic rings. The van der Waals surface area contributed by atoms with Gasteiger partial charge in [-0.25, -0.2) is 0 Å². The molecule has 0 aliphatic carbocycles. The van der Waals surface area contributed by atoms with Gasteiger partial charge in [-0.15, -0.1) is 0 Å². The number of carbonyl (C=O) groups is 1. The van der Waals surface area contributed by atoms with Crippen molar-refractivity contribution in [3.05, 3.63) is 64.7 Å². The highest BCUT2D eigenvalue weighted by atomic mass is 16.5. The molecule has 5 rings (SSSR count). The second-order valence-electron chi connectivity index (χ2n) is 8.86. The van der Waals surface area contributed by atoms with Crippen molar-refractivity contribution in [1.82, 2.24) is 10.6 Å². The number of hydrogen-bond acceptors (Lipinski definition) is 4. The van der Waals surface area contributed by atoms with Crippen LogP contribution in [0.25, 0.3) is 5.57 Å². The maximum atomic E-state index is 12.0. The third-order valence-corrected chi connectivity index (χ3v) is 6.62. The van der Waals surface area contributed by atoms with Crippen molar-refractivity contribution >= 4 is 17.2 Å². The van der Waals surface area contributed by atoms with Gasteiger partial charge < -0.3 is 20.3 Å². The Morgan fingerprint density at radius 1 is 1.03 bits per heavy atom. The minimum atomic E-state index is -0.00712. The van der Waals surface area contributed by atoms with Crippen molar-refractivity contribution in [3.63, 3.8) is 0 Å². The Kier molecular flexibility index (Phi) is 4.99. The molecule has 0 spiro atoms. The van der Waals surface area contributed by atoms with Crippen molar-refractivity contribution in [3.8, 4) is 5.75 Å². The quantitative estimate of drug-likeness (QED) is 0.799. The number of nitrogens with one attached hydrogen (secondary N) is 2. The van der Waals surface area contributed by atoms with Crippen LogP contribution in [0.5, 0.6) is 5.75 Å². The van der Waals surface area contributed by atoms with E-state index in [0.717, 1.165) is 29.7 Å². The summed E-state index contributed by atoms with van der Waals surface area (Å²) in [5.41, 5.74) is 7.08. The van der Waals surface area contributed by atoms with Crippen LogP contribution in [0.4, 0.5) is 5.69 Å². The number of benzene rings is 2. The number of ether oxygens (including phenoxy) is 1. The van der Waals surface area contributed by atoms with Gasteiger partial charge in [0.25, 0.3) is 5.91 Å². The minimum Gasteiger partial charge on any atom is -0.489 e. The standard InChI is InChI=1S/C25H29N3O2/c1-28(2)21-8-3-16(4-9-21)23-12-20-7-6-19(27-20)11-18(23)15-30-22-10-5-17-14-26-25(29)24(17)13-22/h3-5,8-10,13,19-20,27H,6-7,11-12,14-15H2,1-2H3,(H,26,29). The molecule has 156 valence electrons. The summed E-state index contributed by atoms with van der Waals surface area (Å²) < 4.78 is 6.22. The van der Waals surface area contributed by atoms with Crippen LogP contribution < -0.4 is 20.3 Å². The Labute approximate surface area is 178 Å². The Morgan fingerprint density at radius 3 is 2.57 bits per heavy atom. The molecule has 30 heavy (non-hydrogen) atoms. The summed E-state index contributed by atoms with van der Waals surface area (Å²) in [6.45, 7) is 1.18. The second-order valence-corrected chi connectivity index (χ2v) is 8.86. The number of carbonyl (C=O) groups excluding carboxylic acids is 1. The van der Waals surface area contributed by atoms with Gasteiger partial charge in [0.2, 0.25) is 0 Å². The molecule has 2 aromatic rings. The number of anilines is 1. The van der Waals surface area contributed by atoms with Gasteiger partial charge in [0.15, 0.2) is 0 Å². The first-order valence-corrected chi connectivity index (χ1v) is 10.9. The molecule has 3 heterocycles. The first-order valence-electron chi connectivity index (χ1n) is 10.9. The van der Waals surface area contributed by atoms with Crippen molar-refractivity contribution in [2.75, 3.05) is 25.6 Å². The summed E-state index contributed by atoms with van der Waals surface area (Å²) in [6.07, 6.45) is 4.55. The van der Waals surface area contributed by atoms with E-state index in [0.29, 0.717) is 25.2 Å². The molecule has 2 N–H and O–H groups in total.